The van der Waals surface area contributed by atoms with Crippen molar-refractivity contribution in [2.75, 3.05) is 4.72 Å². The molecule has 90 valence electrons. The minimum absolute atomic E-state index is 0.0874. The van der Waals surface area contributed by atoms with Crippen molar-refractivity contribution < 1.29 is 8.42 Å². The van der Waals surface area contributed by atoms with Gasteiger partial charge in [-0.1, -0.05) is 22.0 Å². The third kappa shape index (κ3) is 2.64. The Morgan fingerprint density at radius 2 is 2.18 bits per heavy atom. The number of halogens is 1. The zero-order chi connectivity index (χ0) is 12.5. The van der Waals surface area contributed by atoms with Gasteiger partial charge in [0.25, 0.3) is 10.0 Å². The number of aryl methyl sites for hydroxylation is 1. The number of aromatic nitrogens is 3. The van der Waals surface area contributed by atoms with E-state index >= 15 is 0 Å². The highest BCUT2D eigenvalue weighted by Gasteiger charge is 2.18. The van der Waals surface area contributed by atoms with E-state index in [1.807, 2.05) is 0 Å². The minimum atomic E-state index is -3.65. The van der Waals surface area contributed by atoms with Gasteiger partial charge in [-0.3, -0.25) is 0 Å². The summed E-state index contributed by atoms with van der Waals surface area (Å²) in [7, 11) is -3.65. The van der Waals surface area contributed by atoms with Gasteiger partial charge in [0.2, 0.25) is 5.95 Å². The van der Waals surface area contributed by atoms with E-state index < -0.39 is 10.0 Å². The molecule has 0 saturated carbocycles. The summed E-state index contributed by atoms with van der Waals surface area (Å²) in [4.78, 5) is 3.91. The molecule has 1 heterocycles. The lowest BCUT2D eigenvalue weighted by Crippen LogP contribution is -2.15. The van der Waals surface area contributed by atoms with Crippen molar-refractivity contribution >= 4 is 31.9 Å². The van der Waals surface area contributed by atoms with Crippen molar-refractivity contribution in [3.05, 3.63) is 34.6 Å². The summed E-state index contributed by atoms with van der Waals surface area (Å²) in [6, 6.07) is 5.04. The topological polar surface area (TPSA) is 87.7 Å². The van der Waals surface area contributed by atoms with Crippen molar-refractivity contribution in [1.29, 1.82) is 0 Å². The molecule has 0 bridgehead atoms. The maximum absolute atomic E-state index is 12.1. The second-order valence-corrected chi connectivity index (χ2v) is 5.92. The average molecular weight is 317 g/mol. The fourth-order valence-electron chi connectivity index (χ4n) is 1.30. The van der Waals surface area contributed by atoms with Crippen molar-refractivity contribution in [3.8, 4) is 0 Å². The summed E-state index contributed by atoms with van der Waals surface area (Å²) in [5.74, 6) is 0.0874. The van der Waals surface area contributed by atoms with E-state index in [1.165, 1.54) is 12.4 Å². The van der Waals surface area contributed by atoms with Crippen LogP contribution in [0.4, 0.5) is 5.95 Å². The highest BCUT2D eigenvalue weighted by molar-refractivity contribution is 9.10. The number of anilines is 1. The number of hydrogen-bond acceptors (Lipinski definition) is 4. The predicted octanol–water partition coefficient (Wildman–Crippen LogP) is 1.68. The molecule has 6 nitrogen and oxygen atoms in total. The highest BCUT2D eigenvalue weighted by Crippen LogP contribution is 2.21. The van der Waals surface area contributed by atoms with E-state index in [1.54, 1.807) is 19.1 Å². The van der Waals surface area contributed by atoms with Crippen LogP contribution in [0.1, 0.15) is 5.56 Å². The Kier molecular flexibility index (Phi) is 3.16. The van der Waals surface area contributed by atoms with Gasteiger partial charge in [0.1, 0.15) is 6.33 Å². The molecule has 2 rings (SSSR count). The maximum Gasteiger partial charge on any atom is 0.264 e. The summed E-state index contributed by atoms with van der Waals surface area (Å²) in [5.41, 5.74) is 0.653. The van der Waals surface area contributed by atoms with Gasteiger partial charge in [-0.05, 0) is 24.6 Å². The fourth-order valence-corrected chi connectivity index (χ4v) is 3.05. The predicted molar refractivity (Wildman–Crippen MR) is 66.1 cm³/mol. The molecular weight excluding hydrogens is 308 g/mol. The van der Waals surface area contributed by atoms with Crippen LogP contribution in [-0.2, 0) is 10.0 Å². The van der Waals surface area contributed by atoms with Crippen molar-refractivity contribution in [2.24, 2.45) is 0 Å². The van der Waals surface area contributed by atoms with Crippen molar-refractivity contribution in [3.63, 3.8) is 0 Å². The lowest BCUT2D eigenvalue weighted by molar-refractivity contribution is 0.600. The number of nitrogens with one attached hydrogen (secondary N) is 2. The van der Waals surface area contributed by atoms with Gasteiger partial charge in [-0.2, -0.15) is 10.1 Å². The van der Waals surface area contributed by atoms with Gasteiger partial charge < -0.3 is 0 Å². The number of rotatable bonds is 3. The molecule has 0 atom stereocenters. The second-order valence-electron chi connectivity index (χ2n) is 3.35. The Bertz CT molecular complexity index is 624. The molecule has 0 aliphatic carbocycles. The number of nitrogens with zero attached hydrogens (tertiary/aromatic N) is 2. The lowest BCUT2D eigenvalue weighted by Gasteiger charge is -2.08. The molecule has 0 spiro atoms. The van der Waals surface area contributed by atoms with E-state index in [-0.39, 0.29) is 10.8 Å². The minimum Gasteiger partial charge on any atom is -0.248 e. The summed E-state index contributed by atoms with van der Waals surface area (Å²) in [6.45, 7) is 1.72. The smallest absolute Gasteiger partial charge is 0.248 e. The molecule has 0 fully saturated rings. The highest BCUT2D eigenvalue weighted by atomic mass is 79.9. The van der Waals surface area contributed by atoms with Crippen LogP contribution in [0.15, 0.2) is 33.9 Å². The van der Waals surface area contributed by atoms with Gasteiger partial charge in [0, 0.05) is 4.47 Å². The summed E-state index contributed by atoms with van der Waals surface area (Å²) < 4.78 is 27.1. The quantitative estimate of drug-likeness (QED) is 0.901. The first kappa shape index (κ1) is 12.1. The Hall–Kier alpha value is -1.41. The molecule has 17 heavy (non-hydrogen) atoms. The molecule has 2 aromatic rings. The molecule has 0 aliphatic rings. The van der Waals surface area contributed by atoms with E-state index in [0.717, 1.165) is 0 Å². The Balaban J connectivity index is 2.41. The third-order valence-electron chi connectivity index (χ3n) is 2.09. The molecule has 0 radical (unpaired) electrons. The van der Waals surface area contributed by atoms with E-state index in [4.69, 9.17) is 0 Å². The average Bonchev–Trinajstić information content (AvgIpc) is 2.73. The first-order valence-electron chi connectivity index (χ1n) is 4.63. The Morgan fingerprint density at radius 1 is 1.41 bits per heavy atom. The van der Waals surface area contributed by atoms with Gasteiger partial charge in [-0.25, -0.2) is 18.2 Å². The third-order valence-corrected chi connectivity index (χ3v) is 4.06. The second kappa shape index (κ2) is 4.46. The molecule has 0 saturated heterocycles. The summed E-state index contributed by atoms with van der Waals surface area (Å²) in [6.07, 6.45) is 1.23. The van der Waals surface area contributed by atoms with Crippen LogP contribution >= 0.6 is 15.9 Å². The van der Waals surface area contributed by atoms with Crippen LogP contribution in [0.25, 0.3) is 0 Å². The normalized spacial score (nSPS) is 11.4. The number of aromatic amines is 1. The molecular formula is C9H9BrN4O2S. The molecule has 1 aromatic heterocycles. The van der Waals surface area contributed by atoms with Gasteiger partial charge in [-0.15, -0.1) is 0 Å². The Labute approximate surface area is 107 Å². The standard InChI is InChI=1S/C9H9BrN4O2S/c1-6-2-3-7(10)4-8(6)17(15,16)14-9-11-5-12-13-9/h2-5H,1H3,(H2,11,12,13,14). The van der Waals surface area contributed by atoms with Gasteiger partial charge in [0.15, 0.2) is 0 Å². The summed E-state index contributed by atoms with van der Waals surface area (Å²) >= 11 is 3.24. The van der Waals surface area contributed by atoms with Crippen molar-refractivity contribution in [1.82, 2.24) is 15.2 Å². The number of hydrogen-bond donors (Lipinski definition) is 2. The largest absolute Gasteiger partial charge is 0.264 e. The molecule has 0 unspecified atom stereocenters. The van der Waals surface area contributed by atoms with Crippen molar-refractivity contribution in [2.45, 2.75) is 11.8 Å². The van der Waals surface area contributed by atoms with E-state index in [2.05, 4.69) is 35.8 Å². The molecule has 0 aliphatic heterocycles. The number of H-pyrrole nitrogens is 1. The van der Waals surface area contributed by atoms with E-state index in [9.17, 15) is 8.42 Å². The number of benzene rings is 1. The molecule has 2 N–H and O–H groups in total. The summed E-state index contributed by atoms with van der Waals surface area (Å²) in [5, 5.41) is 6.00. The van der Waals surface area contributed by atoms with Crippen LogP contribution in [0.3, 0.4) is 0 Å². The van der Waals surface area contributed by atoms with Gasteiger partial charge >= 0.3 is 0 Å². The molecule has 8 heteroatoms. The SMILES string of the molecule is Cc1ccc(Br)cc1S(=O)(=O)Nc1ncn[nH]1. The fraction of sp³-hybridized carbons (Fsp3) is 0.111. The monoisotopic (exact) mass is 316 g/mol. The molecule has 1 aromatic carbocycles. The zero-order valence-electron chi connectivity index (χ0n) is 8.81. The Morgan fingerprint density at radius 3 is 2.82 bits per heavy atom. The van der Waals surface area contributed by atoms with Crippen LogP contribution in [0.2, 0.25) is 0 Å². The zero-order valence-corrected chi connectivity index (χ0v) is 11.2. The number of sulfonamides is 1. The molecule has 0 amide bonds. The lowest BCUT2D eigenvalue weighted by atomic mass is 10.2. The first-order valence-corrected chi connectivity index (χ1v) is 6.91. The van der Waals surface area contributed by atoms with Crippen LogP contribution < -0.4 is 4.72 Å². The van der Waals surface area contributed by atoms with Gasteiger partial charge in [0.05, 0.1) is 4.90 Å². The maximum atomic E-state index is 12.1. The van der Waals surface area contributed by atoms with E-state index in [0.29, 0.717) is 10.0 Å². The van der Waals surface area contributed by atoms with Crippen LogP contribution in [-0.4, -0.2) is 23.6 Å². The first-order chi connectivity index (χ1) is 7.99. The van der Waals surface area contributed by atoms with Crippen LogP contribution in [0, 0.1) is 6.92 Å². The van der Waals surface area contributed by atoms with Crippen LogP contribution in [0.5, 0.6) is 0 Å².